The van der Waals surface area contributed by atoms with Crippen LogP contribution in [0.15, 0.2) is 52.2 Å². The first-order valence-corrected chi connectivity index (χ1v) is 7.97. The fourth-order valence-corrected chi connectivity index (χ4v) is 2.62. The van der Waals surface area contributed by atoms with Gasteiger partial charge >= 0.3 is 0 Å². The number of furan rings is 1. The molecule has 2 atom stereocenters. The van der Waals surface area contributed by atoms with E-state index in [1.54, 1.807) is 24.3 Å². The van der Waals surface area contributed by atoms with Gasteiger partial charge in [0.25, 0.3) is 5.91 Å². The van der Waals surface area contributed by atoms with Crippen molar-refractivity contribution in [1.82, 2.24) is 25.6 Å². The quantitative estimate of drug-likeness (QED) is 0.568. The highest BCUT2D eigenvalue weighted by Gasteiger charge is 2.36. The largest absolute Gasteiger partial charge is 0.460 e. The van der Waals surface area contributed by atoms with Crippen LogP contribution in [0.4, 0.5) is 0 Å². The van der Waals surface area contributed by atoms with Gasteiger partial charge in [-0.25, -0.2) is 10.1 Å². The fraction of sp³-hybridized carbons (Fsp3) is 0.235. The average molecular weight is 336 g/mol. The van der Waals surface area contributed by atoms with Gasteiger partial charge in [-0.3, -0.25) is 4.79 Å². The third-order valence-electron chi connectivity index (χ3n) is 4.22. The fourth-order valence-electron chi connectivity index (χ4n) is 2.62. The summed E-state index contributed by atoms with van der Waals surface area (Å²) in [6, 6.07) is 10.7. The van der Waals surface area contributed by atoms with Crippen molar-refractivity contribution in [3.05, 3.63) is 59.8 Å². The van der Waals surface area contributed by atoms with Crippen molar-refractivity contribution in [3.63, 3.8) is 0 Å². The number of aromatic nitrogens is 4. The molecule has 3 aromatic rings. The zero-order valence-corrected chi connectivity index (χ0v) is 13.5. The van der Waals surface area contributed by atoms with Crippen molar-refractivity contribution in [3.8, 4) is 5.69 Å². The molecular weight excluding hydrogens is 320 g/mol. The third-order valence-corrected chi connectivity index (χ3v) is 4.22. The van der Waals surface area contributed by atoms with Gasteiger partial charge in [-0.1, -0.05) is 6.92 Å². The van der Waals surface area contributed by atoms with E-state index in [2.05, 4.69) is 33.0 Å². The predicted molar refractivity (Wildman–Crippen MR) is 89.4 cm³/mol. The number of carbonyl (C=O) groups is 1. The van der Waals surface area contributed by atoms with Crippen molar-refractivity contribution < 1.29 is 9.21 Å². The summed E-state index contributed by atoms with van der Waals surface area (Å²) < 4.78 is 7.21. The van der Waals surface area contributed by atoms with E-state index in [-0.39, 0.29) is 5.91 Å². The highest BCUT2D eigenvalue weighted by molar-refractivity contribution is 5.94. The Morgan fingerprint density at radius 2 is 2.12 bits per heavy atom. The van der Waals surface area contributed by atoms with E-state index in [1.807, 2.05) is 12.1 Å². The van der Waals surface area contributed by atoms with Crippen LogP contribution in [0.2, 0.25) is 0 Å². The maximum atomic E-state index is 12.1. The van der Waals surface area contributed by atoms with E-state index in [4.69, 9.17) is 4.42 Å². The van der Waals surface area contributed by atoms with E-state index < -0.39 is 0 Å². The second-order valence-corrected chi connectivity index (χ2v) is 6.06. The Kier molecular flexibility index (Phi) is 3.85. The standard InChI is InChI=1S/C17H16N6O2/c1-11-8-15(11)16-7-6-14(25-16)9-18-20-17(24)12-2-4-13(5-3-12)23-10-19-21-22-23/h2-7,9-11,15H,8H2,1H3,(H,20,24)/b18-9-/t11-,15-/m1/s1. The minimum absolute atomic E-state index is 0.304. The molecule has 1 fully saturated rings. The summed E-state index contributed by atoms with van der Waals surface area (Å²) in [6.07, 6.45) is 4.16. The molecule has 0 saturated heterocycles. The molecular formula is C17H16N6O2. The number of rotatable bonds is 5. The lowest BCUT2D eigenvalue weighted by molar-refractivity contribution is 0.0955. The first-order valence-electron chi connectivity index (χ1n) is 7.97. The lowest BCUT2D eigenvalue weighted by Crippen LogP contribution is -2.17. The number of carbonyl (C=O) groups excluding carboxylic acids is 1. The minimum atomic E-state index is -0.304. The number of hydrazone groups is 1. The van der Waals surface area contributed by atoms with Crippen LogP contribution in [0.25, 0.3) is 5.69 Å². The molecule has 1 aromatic carbocycles. The second-order valence-electron chi connectivity index (χ2n) is 6.06. The summed E-state index contributed by atoms with van der Waals surface area (Å²) in [5.41, 5.74) is 3.74. The van der Waals surface area contributed by atoms with Crippen molar-refractivity contribution in [1.29, 1.82) is 0 Å². The van der Waals surface area contributed by atoms with Crippen LogP contribution in [-0.4, -0.2) is 32.3 Å². The Labute approximate surface area is 143 Å². The number of benzene rings is 1. The van der Waals surface area contributed by atoms with Crippen LogP contribution < -0.4 is 5.43 Å². The maximum absolute atomic E-state index is 12.1. The Morgan fingerprint density at radius 1 is 1.32 bits per heavy atom. The first-order chi connectivity index (χ1) is 12.2. The van der Waals surface area contributed by atoms with Gasteiger partial charge in [0.2, 0.25) is 0 Å². The van der Waals surface area contributed by atoms with Crippen LogP contribution >= 0.6 is 0 Å². The van der Waals surface area contributed by atoms with Crippen molar-refractivity contribution >= 4 is 12.1 Å². The van der Waals surface area contributed by atoms with Crippen LogP contribution in [0.3, 0.4) is 0 Å². The second kappa shape index (κ2) is 6.31. The molecule has 25 heavy (non-hydrogen) atoms. The van der Waals surface area contributed by atoms with Gasteiger partial charge in [0.05, 0.1) is 11.9 Å². The molecule has 4 rings (SSSR count). The normalized spacial score (nSPS) is 19.2. The number of nitrogens with zero attached hydrogens (tertiary/aromatic N) is 5. The van der Waals surface area contributed by atoms with Gasteiger partial charge in [-0.2, -0.15) is 5.10 Å². The summed E-state index contributed by atoms with van der Waals surface area (Å²) in [5.74, 6) is 2.52. The van der Waals surface area contributed by atoms with E-state index in [1.165, 1.54) is 23.6 Å². The van der Waals surface area contributed by atoms with Gasteiger partial charge < -0.3 is 4.42 Å². The average Bonchev–Trinajstić information content (AvgIpc) is 3.06. The van der Waals surface area contributed by atoms with E-state index in [9.17, 15) is 4.79 Å². The molecule has 0 unspecified atom stereocenters. The molecule has 1 aliphatic rings. The highest BCUT2D eigenvalue weighted by Crippen LogP contribution is 2.47. The number of hydrogen-bond donors (Lipinski definition) is 1. The predicted octanol–water partition coefficient (Wildman–Crippen LogP) is 2.14. The SMILES string of the molecule is C[C@@H]1C[C@H]1c1ccc(/C=N\NC(=O)c2ccc(-n3cnnn3)cc2)o1. The molecule has 8 heteroatoms. The van der Waals surface area contributed by atoms with E-state index >= 15 is 0 Å². The zero-order chi connectivity index (χ0) is 17.2. The number of hydrogen-bond acceptors (Lipinski definition) is 6. The van der Waals surface area contributed by atoms with Crippen molar-refractivity contribution in [2.45, 2.75) is 19.3 Å². The lowest BCUT2D eigenvalue weighted by Gasteiger charge is -2.02. The lowest BCUT2D eigenvalue weighted by atomic mass is 10.2. The van der Waals surface area contributed by atoms with Crippen LogP contribution in [0.5, 0.6) is 0 Å². The van der Waals surface area contributed by atoms with Gasteiger partial charge in [0.1, 0.15) is 17.8 Å². The summed E-state index contributed by atoms with van der Waals surface area (Å²) >= 11 is 0. The van der Waals surface area contributed by atoms with Gasteiger partial charge in [-0.05, 0) is 59.2 Å². The molecule has 0 spiro atoms. The molecule has 2 heterocycles. The Bertz CT molecular complexity index is 898. The van der Waals surface area contributed by atoms with E-state index in [0.29, 0.717) is 23.2 Å². The third kappa shape index (κ3) is 3.32. The molecule has 0 bridgehead atoms. The number of tetrazole rings is 1. The van der Waals surface area contributed by atoms with Gasteiger partial charge in [-0.15, -0.1) is 5.10 Å². The minimum Gasteiger partial charge on any atom is -0.460 e. The topological polar surface area (TPSA) is 98.2 Å². The van der Waals surface area contributed by atoms with Crippen molar-refractivity contribution in [2.75, 3.05) is 0 Å². The number of amides is 1. The molecule has 126 valence electrons. The highest BCUT2D eigenvalue weighted by atomic mass is 16.3. The summed E-state index contributed by atoms with van der Waals surface area (Å²) in [7, 11) is 0. The Balaban J connectivity index is 1.36. The smallest absolute Gasteiger partial charge is 0.271 e. The van der Waals surface area contributed by atoms with Crippen LogP contribution in [0, 0.1) is 5.92 Å². The van der Waals surface area contributed by atoms with E-state index in [0.717, 1.165) is 11.4 Å². The summed E-state index contributed by atoms with van der Waals surface area (Å²) in [5, 5.41) is 14.9. The van der Waals surface area contributed by atoms with Crippen molar-refractivity contribution in [2.24, 2.45) is 11.0 Å². The van der Waals surface area contributed by atoms with Gasteiger partial charge in [0, 0.05) is 11.5 Å². The Hall–Kier alpha value is -3.29. The Morgan fingerprint density at radius 3 is 2.80 bits per heavy atom. The van der Waals surface area contributed by atoms with Crippen LogP contribution in [-0.2, 0) is 0 Å². The summed E-state index contributed by atoms with van der Waals surface area (Å²) in [6.45, 7) is 2.20. The molecule has 1 amide bonds. The zero-order valence-electron chi connectivity index (χ0n) is 13.5. The maximum Gasteiger partial charge on any atom is 0.271 e. The van der Waals surface area contributed by atoms with Gasteiger partial charge in [0.15, 0.2) is 0 Å². The molecule has 0 radical (unpaired) electrons. The first kappa shape index (κ1) is 15.3. The molecule has 1 saturated carbocycles. The molecule has 8 nitrogen and oxygen atoms in total. The molecule has 2 aromatic heterocycles. The number of nitrogens with one attached hydrogen (secondary N) is 1. The molecule has 0 aliphatic heterocycles. The molecule has 1 N–H and O–H groups in total. The summed E-state index contributed by atoms with van der Waals surface area (Å²) in [4.78, 5) is 12.1. The van der Waals surface area contributed by atoms with Crippen LogP contribution in [0.1, 0.15) is 41.1 Å². The molecule has 1 aliphatic carbocycles. The monoisotopic (exact) mass is 336 g/mol.